The first-order chi connectivity index (χ1) is 10.2. The van der Waals surface area contributed by atoms with Crippen LogP contribution in [-0.4, -0.2) is 29.6 Å². The molecule has 1 aliphatic carbocycles. The Morgan fingerprint density at radius 3 is 1.87 bits per heavy atom. The molecule has 0 bridgehead atoms. The molecule has 0 amide bonds. The van der Waals surface area contributed by atoms with Crippen molar-refractivity contribution in [3.8, 4) is 0 Å². The summed E-state index contributed by atoms with van der Waals surface area (Å²) in [7, 11) is -4.90. The monoisotopic (exact) mass is 360 g/mol. The van der Waals surface area contributed by atoms with Crippen LogP contribution < -0.4 is 0 Å². The van der Waals surface area contributed by atoms with Gasteiger partial charge in [-0.25, -0.2) is 8.42 Å². The van der Waals surface area contributed by atoms with E-state index in [1.54, 1.807) is 0 Å². The molecule has 0 aromatic rings. The zero-order valence-corrected chi connectivity index (χ0v) is 18.3. The van der Waals surface area contributed by atoms with E-state index in [1.165, 1.54) is 11.7 Å². The molecule has 0 N–H and O–H groups in total. The average Bonchev–Trinajstić information content (AvgIpc) is 2.34. The fraction of sp³-hybridized carbons (Fsp3) is 0.889. The van der Waals surface area contributed by atoms with E-state index in [-0.39, 0.29) is 5.41 Å². The lowest BCUT2D eigenvalue weighted by Gasteiger charge is -2.50. The van der Waals surface area contributed by atoms with E-state index in [0.29, 0.717) is 22.5 Å². The molecule has 1 fully saturated rings. The lowest BCUT2D eigenvalue weighted by molar-refractivity contribution is 0.0876. The number of allylic oxidation sites excluding steroid dienone is 1. The molecule has 0 aromatic carbocycles. The van der Waals surface area contributed by atoms with E-state index in [9.17, 15) is 8.42 Å². The van der Waals surface area contributed by atoms with Crippen LogP contribution in [0.1, 0.15) is 61.8 Å². The van der Waals surface area contributed by atoms with Gasteiger partial charge in [-0.1, -0.05) is 61.0 Å². The molecule has 1 aliphatic rings. The maximum Gasteiger partial charge on any atom is 0.200 e. The highest BCUT2D eigenvalue weighted by Crippen LogP contribution is 2.52. The topological polar surface area (TPSA) is 43.4 Å². The Hall–Kier alpha value is -0.133. The highest BCUT2D eigenvalue weighted by molar-refractivity contribution is 7.93. The van der Waals surface area contributed by atoms with Gasteiger partial charge in [0.25, 0.3) is 0 Å². The van der Waals surface area contributed by atoms with Gasteiger partial charge in [-0.15, -0.1) is 0 Å². The summed E-state index contributed by atoms with van der Waals surface area (Å²) in [5.74, 6) is 0.415. The minimum absolute atomic E-state index is 0.0752. The summed E-state index contributed by atoms with van der Waals surface area (Å²) >= 11 is 0. The zero-order chi connectivity index (χ0) is 18.2. The quantitative estimate of drug-likeness (QED) is 0.589. The number of hydrogen-bond donors (Lipinski definition) is 0. The van der Waals surface area contributed by atoms with Crippen LogP contribution in [0.15, 0.2) is 11.0 Å². The summed E-state index contributed by atoms with van der Waals surface area (Å²) in [4.78, 5) is 0. The Balaban J connectivity index is 2.88. The average molecular weight is 361 g/mol. The number of hydrogen-bond acceptors (Lipinski definition) is 3. The second-order valence-electron chi connectivity index (χ2n) is 8.72. The number of rotatable bonds is 7. The number of sulfone groups is 1. The van der Waals surface area contributed by atoms with Gasteiger partial charge >= 0.3 is 0 Å². The molecule has 0 radical (unpaired) electrons. The maximum atomic E-state index is 11.5. The van der Waals surface area contributed by atoms with Gasteiger partial charge in [0, 0.05) is 18.3 Å². The summed E-state index contributed by atoms with van der Waals surface area (Å²) in [5, 5.41) is 1.46. The van der Waals surface area contributed by atoms with Gasteiger partial charge in [0.2, 0.25) is 0 Å². The van der Waals surface area contributed by atoms with Gasteiger partial charge in [0.15, 0.2) is 18.2 Å². The summed E-state index contributed by atoms with van der Waals surface area (Å²) in [6.07, 6.45) is 2.12. The molecule has 3 nitrogen and oxygen atoms in total. The Labute approximate surface area is 144 Å². The van der Waals surface area contributed by atoms with Crippen molar-refractivity contribution in [3.63, 3.8) is 0 Å². The van der Waals surface area contributed by atoms with Gasteiger partial charge in [-0.05, 0) is 34.4 Å². The molecule has 1 rings (SSSR count). The van der Waals surface area contributed by atoms with Crippen molar-refractivity contribution in [2.24, 2.45) is 11.3 Å². The van der Waals surface area contributed by atoms with Gasteiger partial charge in [0.05, 0.1) is 0 Å². The SMILES string of the molecule is CC(C)[Si](OCC1CC(=CS(C)(=O)=O)C1(C)C)(C(C)C)C(C)C. The van der Waals surface area contributed by atoms with Crippen molar-refractivity contribution in [3.05, 3.63) is 11.0 Å². The standard InChI is InChI=1S/C18H36O3SSi/c1-13(2)23(14(3)4,15(5)6)21-11-16-10-17(18(16,7)8)12-22(9,19)20/h12-16H,10-11H2,1-9H3. The molecule has 0 aliphatic heterocycles. The van der Waals surface area contributed by atoms with Crippen molar-refractivity contribution in [2.45, 2.75) is 78.4 Å². The Bertz CT molecular complexity index is 523. The third kappa shape index (κ3) is 4.29. The normalized spacial score (nSPS) is 23.8. The van der Waals surface area contributed by atoms with Gasteiger partial charge in [-0.3, -0.25) is 0 Å². The van der Waals surface area contributed by atoms with E-state index in [1.807, 2.05) is 0 Å². The molecule has 0 heterocycles. The van der Waals surface area contributed by atoms with Crippen molar-refractivity contribution in [2.75, 3.05) is 12.9 Å². The Morgan fingerprint density at radius 1 is 1.13 bits per heavy atom. The fourth-order valence-electron chi connectivity index (χ4n) is 4.39. The van der Waals surface area contributed by atoms with Gasteiger partial charge in [0.1, 0.15) is 0 Å². The predicted octanol–water partition coefficient (Wildman–Crippen LogP) is 5.15. The minimum Gasteiger partial charge on any atom is -0.416 e. The summed E-state index contributed by atoms with van der Waals surface area (Å²) in [6, 6.07) is 0. The molecule has 23 heavy (non-hydrogen) atoms. The van der Waals surface area contributed by atoms with Gasteiger partial charge in [-0.2, -0.15) is 0 Å². The first-order valence-corrected chi connectivity index (χ1v) is 12.9. The third-order valence-corrected chi connectivity index (χ3v) is 12.7. The molecular weight excluding hydrogens is 324 g/mol. The molecule has 1 atom stereocenters. The van der Waals surface area contributed by atoms with Crippen LogP contribution in [0.3, 0.4) is 0 Å². The molecule has 5 heteroatoms. The largest absolute Gasteiger partial charge is 0.416 e. The Kier molecular flexibility index (Phi) is 6.37. The lowest BCUT2D eigenvalue weighted by Crippen LogP contribution is -2.51. The highest BCUT2D eigenvalue weighted by atomic mass is 32.2. The van der Waals surface area contributed by atoms with Crippen LogP contribution in [0.4, 0.5) is 0 Å². The van der Waals surface area contributed by atoms with E-state index in [2.05, 4.69) is 55.4 Å². The summed E-state index contributed by atoms with van der Waals surface area (Å²) in [5.41, 5.74) is 2.71. The maximum absolute atomic E-state index is 11.5. The second kappa shape index (κ2) is 7.01. The van der Waals surface area contributed by atoms with E-state index < -0.39 is 18.2 Å². The molecule has 136 valence electrons. The van der Waals surface area contributed by atoms with Crippen LogP contribution in [-0.2, 0) is 14.3 Å². The van der Waals surface area contributed by atoms with Gasteiger partial charge < -0.3 is 4.43 Å². The van der Waals surface area contributed by atoms with Crippen LogP contribution in [0.25, 0.3) is 0 Å². The summed E-state index contributed by atoms with van der Waals surface area (Å²) in [6.45, 7) is 18.8. The lowest BCUT2D eigenvalue weighted by atomic mass is 9.59. The molecule has 0 saturated heterocycles. The highest BCUT2D eigenvalue weighted by Gasteiger charge is 2.49. The molecule has 1 saturated carbocycles. The van der Waals surface area contributed by atoms with E-state index in [4.69, 9.17) is 4.43 Å². The van der Waals surface area contributed by atoms with Crippen molar-refractivity contribution in [1.82, 2.24) is 0 Å². The summed E-state index contributed by atoms with van der Waals surface area (Å²) < 4.78 is 29.7. The van der Waals surface area contributed by atoms with Crippen LogP contribution in [0.5, 0.6) is 0 Å². The van der Waals surface area contributed by atoms with Crippen molar-refractivity contribution in [1.29, 1.82) is 0 Å². The molecular formula is C18H36O3SSi. The van der Waals surface area contributed by atoms with E-state index in [0.717, 1.165) is 18.6 Å². The predicted molar refractivity (Wildman–Crippen MR) is 102 cm³/mol. The molecule has 0 aromatic heterocycles. The first kappa shape index (κ1) is 20.9. The second-order valence-corrected chi connectivity index (χ2v) is 16.1. The van der Waals surface area contributed by atoms with Crippen LogP contribution >= 0.6 is 0 Å². The minimum atomic E-state index is -3.06. The third-order valence-electron chi connectivity index (χ3n) is 5.91. The van der Waals surface area contributed by atoms with Crippen molar-refractivity contribution >= 4 is 18.2 Å². The molecule has 0 spiro atoms. The van der Waals surface area contributed by atoms with E-state index >= 15 is 0 Å². The zero-order valence-electron chi connectivity index (χ0n) is 16.4. The first-order valence-electron chi connectivity index (χ1n) is 8.80. The van der Waals surface area contributed by atoms with Crippen LogP contribution in [0, 0.1) is 11.3 Å². The smallest absolute Gasteiger partial charge is 0.200 e. The molecule has 1 unspecified atom stereocenters. The Morgan fingerprint density at radius 2 is 1.57 bits per heavy atom. The van der Waals surface area contributed by atoms with Crippen LogP contribution in [0.2, 0.25) is 16.6 Å². The van der Waals surface area contributed by atoms with Crippen molar-refractivity contribution < 1.29 is 12.8 Å². The fourth-order valence-corrected chi connectivity index (χ4v) is 10.8.